The number of ether oxygens (including phenoxy) is 1. The number of anilines is 1. The molecule has 1 atom stereocenters. The molecule has 2 aromatic carbocycles. The molecule has 5 nitrogen and oxygen atoms in total. The Morgan fingerprint density at radius 3 is 2.29 bits per heavy atom. The molecular formula is C19H22N2O3. The summed E-state index contributed by atoms with van der Waals surface area (Å²) in [4.78, 5) is 24.0. The molecular weight excluding hydrogens is 304 g/mol. The van der Waals surface area contributed by atoms with Crippen molar-refractivity contribution < 1.29 is 14.3 Å². The SMILES string of the molecule is CCCOc1ccc(NC(=O)C(=O)NC(C)c2ccccc2)cc1. The molecule has 0 radical (unpaired) electrons. The Hall–Kier alpha value is -2.82. The number of hydrogen-bond acceptors (Lipinski definition) is 3. The van der Waals surface area contributed by atoms with Crippen molar-refractivity contribution >= 4 is 17.5 Å². The first kappa shape index (κ1) is 17.5. The monoisotopic (exact) mass is 326 g/mol. The van der Waals surface area contributed by atoms with Crippen LogP contribution in [-0.4, -0.2) is 18.4 Å². The van der Waals surface area contributed by atoms with Gasteiger partial charge in [0.15, 0.2) is 0 Å². The van der Waals surface area contributed by atoms with Crippen LogP contribution < -0.4 is 15.4 Å². The van der Waals surface area contributed by atoms with Crippen LogP contribution in [0.3, 0.4) is 0 Å². The first-order valence-corrected chi connectivity index (χ1v) is 7.99. The second-order valence-electron chi connectivity index (χ2n) is 5.43. The Balaban J connectivity index is 1.88. The molecule has 0 saturated heterocycles. The number of hydrogen-bond donors (Lipinski definition) is 2. The van der Waals surface area contributed by atoms with Crippen molar-refractivity contribution in [3.8, 4) is 5.75 Å². The van der Waals surface area contributed by atoms with E-state index < -0.39 is 11.8 Å². The summed E-state index contributed by atoms with van der Waals surface area (Å²) in [5.41, 5.74) is 1.49. The normalized spacial score (nSPS) is 11.4. The lowest BCUT2D eigenvalue weighted by atomic mass is 10.1. The average molecular weight is 326 g/mol. The van der Waals surface area contributed by atoms with Gasteiger partial charge in [-0.2, -0.15) is 0 Å². The van der Waals surface area contributed by atoms with E-state index in [0.717, 1.165) is 17.7 Å². The maximum Gasteiger partial charge on any atom is 0.313 e. The van der Waals surface area contributed by atoms with Crippen LogP contribution in [0.2, 0.25) is 0 Å². The molecule has 0 spiro atoms. The molecule has 1 unspecified atom stereocenters. The zero-order valence-corrected chi connectivity index (χ0v) is 13.9. The molecule has 0 saturated carbocycles. The fourth-order valence-corrected chi connectivity index (χ4v) is 2.13. The third-order valence-electron chi connectivity index (χ3n) is 3.44. The summed E-state index contributed by atoms with van der Waals surface area (Å²) in [6.07, 6.45) is 0.929. The number of nitrogens with one attached hydrogen (secondary N) is 2. The summed E-state index contributed by atoms with van der Waals surface area (Å²) < 4.78 is 5.47. The van der Waals surface area contributed by atoms with E-state index in [1.807, 2.05) is 44.2 Å². The summed E-state index contributed by atoms with van der Waals surface area (Å²) in [6.45, 7) is 4.51. The predicted molar refractivity (Wildman–Crippen MR) is 93.9 cm³/mol. The Labute approximate surface area is 142 Å². The van der Waals surface area contributed by atoms with Gasteiger partial charge in [0.25, 0.3) is 0 Å². The van der Waals surface area contributed by atoms with Crippen LogP contribution in [0, 0.1) is 0 Å². The smallest absolute Gasteiger partial charge is 0.313 e. The summed E-state index contributed by atoms with van der Waals surface area (Å²) in [6, 6.07) is 16.2. The lowest BCUT2D eigenvalue weighted by Crippen LogP contribution is -2.36. The van der Waals surface area contributed by atoms with E-state index in [0.29, 0.717) is 12.3 Å². The van der Waals surface area contributed by atoms with E-state index in [2.05, 4.69) is 10.6 Å². The van der Waals surface area contributed by atoms with Gasteiger partial charge in [0, 0.05) is 5.69 Å². The van der Waals surface area contributed by atoms with Crippen molar-refractivity contribution in [2.45, 2.75) is 26.3 Å². The molecule has 2 aromatic rings. The maximum absolute atomic E-state index is 12.0. The molecule has 0 aliphatic heterocycles. The molecule has 2 rings (SSSR count). The number of amides is 2. The van der Waals surface area contributed by atoms with Crippen molar-refractivity contribution in [1.82, 2.24) is 5.32 Å². The topological polar surface area (TPSA) is 67.4 Å². The van der Waals surface area contributed by atoms with Gasteiger partial charge >= 0.3 is 11.8 Å². The molecule has 2 N–H and O–H groups in total. The third kappa shape index (κ3) is 5.12. The minimum absolute atomic E-state index is 0.241. The van der Waals surface area contributed by atoms with Gasteiger partial charge in [-0.3, -0.25) is 9.59 Å². The second-order valence-corrected chi connectivity index (χ2v) is 5.43. The molecule has 24 heavy (non-hydrogen) atoms. The third-order valence-corrected chi connectivity index (χ3v) is 3.44. The van der Waals surface area contributed by atoms with Crippen LogP contribution in [0.1, 0.15) is 31.9 Å². The van der Waals surface area contributed by atoms with Crippen molar-refractivity contribution in [3.05, 3.63) is 60.2 Å². The van der Waals surface area contributed by atoms with Crippen molar-refractivity contribution in [1.29, 1.82) is 0 Å². The Kier molecular flexibility index (Phi) is 6.37. The van der Waals surface area contributed by atoms with Gasteiger partial charge in [-0.25, -0.2) is 0 Å². The van der Waals surface area contributed by atoms with E-state index in [4.69, 9.17) is 4.74 Å². The van der Waals surface area contributed by atoms with Crippen LogP contribution in [0.15, 0.2) is 54.6 Å². The van der Waals surface area contributed by atoms with Gasteiger partial charge in [0.05, 0.1) is 12.6 Å². The number of carbonyl (C=O) groups excluding carboxylic acids is 2. The largest absolute Gasteiger partial charge is 0.494 e. The van der Waals surface area contributed by atoms with Crippen molar-refractivity contribution in [3.63, 3.8) is 0 Å². The average Bonchev–Trinajstić information content (AvgIpc) is 2.61. The summed E-state index contributed by atoms with van der Waals surface area (Å²) >= 11 is 0. The molecule has 0 heterocycles. The minimum Gasteiger partial charge on any atom is -0.494 e. The molecule has 0 aliphatic carbocycles. The highest BCUT2D eigenvalue weighted by atomic mass is 16.5. The van der Waals surface area contributed by atoms with E-state index in [9.17, 15) is 9.59 Å². The lowest BCUT2D eigenvalue weighted by molar-refractivity contribution is -0.136. The van der Waals surface area contributed by atoms with Gasteiger partial charge in [-0.05, 0) is 43.2 Å². The molecule has 0 bridgehead atoms. The standard InChI is InChI=1S/C19H22N2O3/c1-3-13-24-17-11-9-16(10-12-17)21-19(23)18(22)20-14(2)15-7-5-4-6-8-15/h4-12,14H,3,13H2,1-2H3,(H,20,22)(H,21,23). The van der Waals surface area contributed by atoms with Crippen LogP contribution in [0.5, 0.6) is 5.75 Å². The molecule has 0 aromatic heterocycles. The Morgan fingerprint density at radius 2 is 1.67 bits per heavy atom. The van der Waals surface area contributed by atoms with Gasteiger partial charge in [0.1, 0.15) is 5.75 Å². The van der Waals surface area contributed by atoms with Gasteiger partial charge in [0.2, 0.25) is 0 Å². The second kappa shape index (κ2) is 8.72. The first-order chi connectivity index (χ1) is 11.6. The van der Waals surface area contributed by atoms with Crippen molar-refractivity contribution in [2.75, 3.05) is 11.9 Å². The van der Waals surface area contributed by atoms with Crippen LogP contribution in [-0.2, 0) is 9.59 Å². The van der Waals surface area contributed by atoms with E-state index in [-0.39, 0.29) is 6.04 Å². The predicted octanol–water partition coefficient (Wildman–Crippen LogP) is 3.29. The Morgan fingerprint density at radius 1 is 1.00 bits per heavy atom. The summed E-state index contributed by atoms with van der Waals surface area (Å²) in [5, 5.41) is 5.26. The first-order valence-electron chi connectivity index (χ1n) is 7.99. The van der Waals surface area contributed by atoms with Crippen LogP contribution >= 0.6 is 0 Å². The highest BCUT2D eigenvalue weighted by Crippen LogP contribution is 2.16. The quantitative estimate of drug-likeness (QED) is 0.801. The Bertz CT molecular complexity index is 669. The summed E-state index contributed by atoms with van der Waals surface area (Å²) in [7, 11) is 0. The van der Waals surface area contributed by atoms with E-state index in [1.54, 1.807) is 24.3 Å². The lowest BCUT2D eigenvalue weighted by Gasteiger charge is -2.14. The molecule has 5 heteroatoms. The van der Waals surface area contributed by atoms with Gasteiger partial charge < -0.3 is 15.4 Å². The van der Waals surface area contributed by atoms with Crippen LogP contribution in [0.25, 0.3) is 0 Å². The zero-order chi connectivity index (χ0) is 17.4. The van der Waals surface area contributed by atoms with E-state index >= 15 is 0 Å². The van der Waals surface area contributed by atoms with Gasteiger partial charge in [-0.1, -0.05) is 37.3 Å². The minimum atomic E-state index is -0.694. The summed E-state index contributed by atoms with van der Waals surface area (Å²) in [5.74, 6) is -0.630. The fourth-order valence-electron chi connectivity index (χ4n) is 2.13. The van der Waals surface area contributed by atoms with E-state index in [1.165, 1.54) is 0 Å². The molecule has 126 valence electrons. The van der Waals surface area contributed by atoms with Crippen molar-refractivity contribution in [2.24, 2.45) is 0 Å². The molecule has 2 amide bonds. The molecule has 0 fully saturated rings. The number of benzene rings is 2. The van der Waals surface area contributed by atoms with Crippen LogP contribution in [0.4, 0.5) is 5.69 Å². The van der Waals surface area contributed by atoms with Gasteiger partial charge in [-0.15, -0.1) is 0 Å². The number of rotatable bonds is 6. The fraction of sp³-hybridized carbons (Fsp3) is 0.263. The molecule has 0 aliphatic rings. The highest BCUT2D eigenvalue weighted by Gasteiger charge is 2.17. The number of carbonyl (C=O) groups is 2. The highest BCUT2D eigenvalue weighted by molar-refractivity contribution is 6.39. The maximum atomic E-state index is 12.0. The zero-order valence-electron chi connectivity index (χ0n) is 13.9.